The van der Waals surface area contributed by atoms with E-state index in [0.29, 0.717) is 24.4 Å². The van der Waals surface area contributed by atoms with Gasteiger partial charge in [0.05, 0.1) is 4.90 Å². The molecule has 0 saturated carbocycles. The number of hydrogen-bond donors (Lipinski definition) is 1. The van der Waals surface area contributed by atoms with Crippen molar-refractivity contribution in [2.45, 2.75) is 30.4 Å². The Balaban J connectivity index is 1.73. The van der Waals surface area contributed by atoms with Crippen molar-refractivity contribution in [1.82, 2.24) is 19.1 Å². The molecule has 9 nitrogen and oxygen atoms in total. The fourth-order valence-corrected chi connectivity index (χ4v) is 4.37. The first-order valence-corrected chi connectivity index (χ1v) is 9.14. The molecule has 1 fully saturated rings. The largest absolute Gasteiger partial charge is 0.486 e. The summed E-state index contributed by atoms with van der Waals surface area (Å²) < 4.78 is 33.5. The van der Waals surface area contributed by atoms with Crippen molar-refractivity contribution in [3.8, 4) is 5.75 Å². The van der Waals surface area contributed by atoms with Gasteiger partial charge in [0.2, 0.25) is 10.0 Å². The van der Waals surface area contributed by atoms with Crippen molar-refractivity contribution in [2.24, 2.45) is 7.05 Å². The number of aromatic nitrogens is 3. The molecule has 2 heterocycles. The van der Waals surface area contributed by atoms with Crippen LogP contribution < -0.4 is 4.74 Å². The van der Waals surface area contributed by atoms with E-state index in [-0.39, 0.29) is 18.0 Å². The number of benzene rings is 1. The highest BCUT2D eigenvalue weighted by atomic mass is 32.2. The predicted octanol–water partition coefficient (Wildman–Crippen LogP) is 0.632. The number of sulfonamides is 1. The Morgan fingerprint density at radius 3 is 2.68 bits per heavy atom. The van der Waals surface area contributed by atoms with Gasteiger partial charge in [-0.05, 0) is 37.1 Å². The maximum Gasteiger partial charge on any atom is 0.322 e. The number of hydrogen-bond acceptors (Lipinski definition) is 6. The summed E-state index contributed by atoms with van der Waals surface area (Å²) in [5, 5.41) is 13.1. The molecule has 3 rings (SSSR count). The minimum absolute atomic E-state index is 0.0478. The average Bonchev–Trinajstić information content (AvgIpc) is 3.22. The molecular formula is C15H18N4O5S. The Labute approximate surface area is 144 Å². The second kappa shape index (κ2) is 6.81. The first-order valence-electron chi connectivity index (χ1n) is 7.70. The molecule has 0 amide bonds. The van der Waals surface area contributed by atoms with Gasteiger partial charge in [0, 0.05) is 13.6 Å². The Morgan fingerprint density at radius 2 is 2.08 bits per heavy atom. The maximum atomic E-state index is 12.7. The first kappa shape index (κ1) is 17.4. The number of rotatable bonds is 6. The molecule has 10 heteroatoms. The highest BCUT2D eigenvalue weighted by Crippen LogP contribution is 2.27. The Bertz CT molecular complexity index is 862. The van der Waals surface area contributed by atoms with Crippen molar-refractivity contribution in [2.75, 3.05) is 6.54 Å². The van der Waals surface area contributed by atoms with Crippen LogP contribution in [0.25, 0.3) is 0 Å². The summed E-state index contributed by atoms with van der Waals surface area (Å²) in [5.74, 6) is 0.000858. The average molecular weight is 366 g/mol. The summed E-state index contributed by atoms with van der Waals surface area (Å²) in [6, 6.07) is 4.90. The van der Waals surface area contributed by atoms with Crippen LogP contribution in [0, 0.1) is 0 Å². The highest BCUT2D eigenvalue weighted by Gasteiger charge is 2.39. The quantitative estimate of drug-likeness (QED) is 0.797. The van der Waals surface area contributed by atoms with Crippen molar-refractivity contribution in [3.63, 3.8) is 0 Å². The first-order chi connectivity index (χ1) is 11.9. The summed E-state index contributed by atoms with van der Waals surface area (Å²) in [4.78, 5) is 15.3. The molecular weight excluding hydrogens is 348 g/mol. The lowest BCUT2D eigenvalue weighted by atomic mass is 10.2. The molecule has 1 saturated heterocycles. The monoisotopic (exact) mass is 366 g/mol. The molecule has 0 unspecified atom stereocenters. The van der Waals surface area contributed by atoms with Crippen LogP contribution in [0.1, 0.15) is 18.7 Å². The predicted molar refractivity (Wildman–Crippen MR) is 86.3 cm³/mol. The summed E-state index contributed by atoms with van der Waals surface area (Å²) in [6.45, 7) is 0.416. The Hall–Kier alpha value is -2.46. The summed E-state index contributed by atoms with van der Waals surface area (Å²) in [6.07, 6.45) is 2.28. The van der Waals surface area contributed by atoms with Crippen LogP contribution in [0.15, 0.2) is 35.5 Å². The van der Waals surface area contributed by atoms with Gasteiger partial charge >= 0.3 is 5.97 Å². The molecule has 2 aromatic rings. The molecule has 1 aromatic heterocycles. The van der Waals surface area contributed by atoms with Crippen LogP contribution >= 0.6 is 0 Å². The van der Waals surface area contributed by atoms with Gasteiger partial charge in [0.15, 0.2) is 5.82 Å². The molecule has 1 aliphatic heterocycles. The second-order valence-corrected chi connectivity index (χ2v) is 7.56. The summed E-state index contributed by atoms with van der Waals surface area (Å²) in [7, 11) is -2.10. The molecule has 0 aliphatic carbocycles. The van der Waals surface area contributed by atoms with Gasteiger partial charge in [-0.25, -0.2) is 13.4 Å². The molecule has 1 atom stereocenters. The van der Waals surface area contributed by atoms with Gasteiger partial charge in [-0.3, -0.25) is 9.48 Å². The van der Waals surface area contributed by atoms with Crippen molar-refractivity contribution >= 4 is 16.0 Å². The normalized spacial score (nSPS) is 18.4. The third kappa shape index (κ3) is 3.49. The third-order valence-corrected chi connectivity index (χ3v) is 6.01. The minimum atomic E-state index is -3.84. The SMILES string of the molecule is Cn1ncnc1COc1ccc(S(=O)(=O)N2CCC[C@H]2C(=O)O)cc1. The van der Waals surface area contributed by atoms with Gasteiger partial charge < -0.3 is 9.84 Å². The van der Waals surface area contributed by atoms with E-state index >= 15 is 0 Å². The van der Waals surface area contributed by atoms with Crippen LogP contribution in [0.5, 0.6) is 5.75 Å². The van der Waals surface area contributed by atoms with Crippen molar-refractivity contribution < 1.29 is 23.1 Å². The van der Waals surface area contributed by atoms with Crippen LogP contribution in [-0.2, 0) is 28.5 Å². The minimum Gasteiger partial charge on any atom is -0.486 e. The standard InChI is InChI=1S/C15H18N4O5S/c1-18-14(16-10-17-18)9-24-11-4-6-12(7-5-11)25(22,23)19-8-2-3-13(19)15(20)21/h4-7,10,13H,2-3,8-9H2,1H3,(H,20,21)/t13-/m0/s1. The number of aryl methyl sites for hydroxylation is 1. The van der Waals surface area contributed by atoms with E-state index < -0.39 is 22.0 Å². The second-order valence-electron chi connectivity index (χ2n) is 5.67. The number of carboxylic acids is 1. The fraction of sp³-hybridized carbons (Fsp3) is 0.400. The van der Waals surface area contributed by atoms with Crippen LogP contribution in [-0.4, -0.2) is 51.1 Å². The number of aliphatic carboxylic acids is 1. The zero-order chi connectivity index (χ0) is 18.0. The number of carboxylic acid groups (broad SMARTS) is 1. The lowest BCUT2D eigenvalue weighted by molar-refractivity contribution is -0.140. The van der Waals surface area contributed by atoms with Crippen LogP contribution in [0.4, 0.5) is 0 Å². The van der Waals surface area contributed by atoms with Gasteiger partial charge in [-0.2, -0.15) is 9.40 Å². The smallest absolute Gasteiger partial charge is 0.322 e. The number of carbonyl (C=O) groups is 1. The zero-order valence-corrected chi connectivity index (χ0v) is 14.4. The van der Waals surface area contributed by atoms with E-state index in [4.69, 9.17) is 4.74 Å². The lowest BCUT2D eigenvalue weighted by Gasteiger charge is -2.21. The van der Waals surface area contributed by atoms with E-state index in [1.165, 1.54) is 30.6 Å². The molecule has 1 N–H and O–H groups in total. The summed E-state index contributed by atoms with van der Waals surface area (Å²) >= 11 is 0. The molecule has 25 heavy (non-hydrogen) atoms. The molecule has 0 spiro atoms. The fourth-order valence-electron chi connectivity index (χ4n) is 2.72. The van der Waals surface area contributed by atoms with E-state index in [0.717, 1.165) is 4.31 Å². The Kier molecular flexibility index (Phi) is 4.73. The highest BCUT2D eigenvalue weighted by molar-refractivity contribution is 7.89. The molecule has 1 aliphatic rings. The third-order valence-electron chi connectivity index (χ3n) is 4.09. The molecule has 0 bridgehead atoms. The zero-order valence-electron chi connectivity index (χ0n) is 13.6. The van der Waals surface area contributed by atoms with Crippen LogP contribution in [0.2, 0.25) is 0 Å². The van der Waals surface area contributed by atoms with Crippen molar-refractivity contribution in [1.29, 1.82) is 0 Å². The van der Waals surface area contributed by atoms with Gasteiger partial charge in [0.25, 0.3) is 0 Å². The molecule has 1 aromatic carbocycles. The van der Waals surface area contributed by atoms with E-state index in [9.17, 15) is 18.3 Å². The van der Waals surface area contributed by atoms with Crippen LogP contribution in [0.3, 0.4) is 0 Å². The lowest BCUT2D eigenvalue weighted by Crippen LogP contribution is -2.40. The van der Waals surface area contributed by atoms with Gasteiger partial charge in [-0.1, -0.05) is 0 Å². The number of ether oxygens (including phenoxy) is 1. The van der Waals surface area contributed by atoms with Gasteiger partial charge in [0.1, 0.15) is 24.7 Å². The Morgan fingerprint density at radius 1 is 1.36 bits per heavy atom. The topological polar surface area (TPSA) is 115 Å². The molecule has 134 valence electrons. The van der Waals surface area contributed by atoms with E-state index in [1.54, 1.807) is 11.7 Å². The number of nitrogens with zero attached hydrogens (tertiary/aromatic N) is 4. The van der Waals surface area contributed by atoms with E-state index in [2.05, 4.69) is 10.1 Å². The van der Waals surface area contributed by atoms with Gasteiger partial charge in [-0.15, -0.1) is 0 Å². The summed E-state index contributed by atoms with van der Waals surface area (Å²) in [5.41, 5.74) is 0. The maximum absolute atomic E-state index is 12.7. The molecule has 0 radical (unpaired) electrons. The van der Waals surface area contributed by atoms with Crippen molar-refractivity contribution in [3.05, 3.63) is 36.4 Å². The van der Waals surface area contributed by atoms with E-state index in [1.807, 2.05) is 0 Å².